The number of rotatable bonds is 39. The first-order valence-electron chi connectivity index (χ1n) is 20.0. The number of nitrogens with zero attached hydrogens (tertiary/aromatic N) is 1. The van der Waals surface area contributed by atoms with Crippen LogP contribution < -0.4 is 21.3 Å². The fourth-order valence-electron chi connectivity index (χ4n) is 5.00. The maximum Gasteiger partial charge on any atom is 0.474 e. The van der Waals surface area contributed by atoms with Gasteiger partial charge in [-0.25, -0.2) is 9.36 Å². The second-order valence-electron chi connectivity index (χ2n) is 13.1. The summed E-state index contributed by atoms with van der Waals surface area (Å²) in [5.41, 5.74) is 0. The second kappa shape index (κ2) is 38.8. The second-order valence-corrected chi connectivity index (χ2v) is 17.4. The summed E-state index contributed by atoms with van der Waals surface area (Å²) in [7, 11) is -0.707. The third-order valence-corrected chi connectivity index (χ3v) is 11.8. The van der Waals surface area contributed by atoms with E-state index in [-0.39, 0.29) is 69.6 Å². The first kappa shape index (κ1) is 54.3. The quantitative estimate of drug-likeness (QED) is 0.0399. The monoisotopic (exact) mass is 875 g/mol. The van der Waals surface area contributed by atoms with Gasteiger partial charge in [-0.3, -0.25) is 28.0 Å². The van der Waals surface area contributed by atoms with Crippen molar-refractivity contribution < 1.29 is 51.7 Å². The van der Waals surface area contributed by atoms with Crippen molar-refractivity contribution in [2.75, 3.05) is 89.2 Å². The molecule has 0 radical (unpaired) electrons. The summed E-state index contributed by atoms with van der Waals surface area (Å²) in [6.45, 7) is 4.77. The van der Waals surface area contributed by atoms with Crippen molar-refractivity contribution in [3.8, 4) is 0 Å². The minimum absolute atomic E-state index is 0.0196. The van der Waals surface area contributed by atoms with Gasteiger partial charge in [0.05, 0.1) is 24.7 Å². The lowest BCUT2D eigenvalue weighted by molar-refractivity contribution is -0.121. The molecule has 16 nitrogen and oxygen atoms in total. The number of ether oxygens (including phenoxy) is 2. The van der Waals surface area contributed by atoms with E-state index in [4.69, 9.17) is 18.9 Å². The summed E-state index contributed by atoms with van der Waals surface area (Å²) >= 11 is 3.24. The number of methoxy groups -OCH3 is 1. The van der Waals surface area contributed by atoms with Crippen molar-refractivity contribution >= 4 is 70.5 Å². The van der Waals surface area contributed by atoms with Gasteiger partial charge < -0.3 is 40.5 Å². The zero-order chi connectivity index (χ0) is 41.5. The fourth-order valence-corrected chi connectivity index (χ4v) is 7.28. The average molecular weight is 876 g/mol. The Morgan fingerprint density at radius 2 is 1.11 bits per heavy atom. The molecule has 0 saturated carbocycles. The van der Waals surface area contributed by atoms with E-state index in [0.717, 1.165) is 62.9 Å². The van der Waals surface area contributed by atoms with Crippen molar-refractivity contribution in [1.29, 1.82) is 0 Å². The van der Waals surface area contributed by atoms with E-state index in [2.05, 4.69) is 32.5 Å². The molecule has 56 heavy (non-hydrogen) atoms. The van der Waals surface area contributed by atoms with E-state index >= 15 is 0 Å². The topological polar surface area (TPSA) is 211 Å². The molecule has 0 spiro atoms. The molecule has 0 aromatic heterocycles. The molecular weight excluding hydrogens is 805 g/mol. The van der Waals surface area contributed by atoms with Crippen molar-refractivity contribution in [3.63, 3.8) is 0 Å². The maximum absolute atomic E-state index is 12.6. The van der Waals surface area contributed by atoms with E-state index in [9.17, 15) is 28.5 Å². The number of carbonyl (C=O) groups excluding carboxylic acids is 5. The Bertz CT molecular complexity index is 1100. The van der Waals surface area contributed by atoms with Gasteiger partial charge in [-0.05, 0) is 56.5 Å². The van der Waals surface area contributed by atoms with Crippen molar-refractivity contribution in [2.45, 2.75) is 110 Å². The summed E-state index contributed by atoms with van der Waals surface area (Å²) in [6, 6.07) is 0. The van der Waals surface area contributed by atoms with Crippen LogP contribution in [0.3, 0.4) is 0 Å². The van der Waals surface area contributed by atoms with Gasteiger partial charge in [0.25, 0.3) is 0 Å². The molecule has 0 bridgehead atoms. The van der Waals surface area contributed by atoms with E-state index in [1.165, 1.54) is 31.3 Å². The van der Waals surface area contributed by atoms with E-state index in [1.807, 2.05) is 0 Å². The molecule has 0 aromatic carbocycles. The van der Waals surface area contributed by atoms with Gasteiger partial charge in [0, 0.05) is 68.7 Å². The minimum Gasteiger partial charge on any atom is -0.447 e. The van der Waals surface area contributed by atoms with Gasteiger partial charge in [0.2, 0.25) is 23.6 Å². The van der Waals surface area contributed by atoms with Crippen LogP contribution in [0.15, 0.2) is 0 Å². The molecule has 328 valence electrons. The van der Waals surface area contributed by atoms with Gasteiger partial charge in [-0.1, -0.05) is 51.9 Å². The highest BCUT2D eigenvalue weighted by molar-refractivity contribution is 8.00. The Labute approximate surface area is 346 Å². The third kappa shape index (κ3) is 36.7. The van der Waals surface area contributed by atoms with Gasteiger partial charge in [0.1, 0.15) is 6.61 Å². The number of carbonyl (C=O) groups is 5. The maximum atomic E-state index is 12.6. The molecule has 0 aromatic rings. The number of phosphoric ester groups is 1. The molecule has 0 aliphatic carbocycles. The molecule has 0 aliphatic rings. The molecule has 2 unspecified atom stereocenters. The number of amides is 5. The first-order chi connectivity index (χ1) is 27.0. The van der Waals surface area contributed by atoms with Gasteiger partial charge in [-0.2, -0.15) is 23.5 Å². The molecular formula is C36H71N5O11P2S2. The van der Waals surface area contributed by atoms with Crippen LogP contribution in [-0.2, 0) is 42.1 Å². The smallest absolute Gasteiger partial charge is 0.447 e. The van der Waals surface area contributed by atoms with Crippen LogP contribution >= 0.6 is 40.8 Å². The Morgan fingerprint density at radius 1 is 0.625 bits per heavy atom. The van der Waals surface area contributed by atoms with Gasteiger partial charge in [0.15, 0.2) is 0 Å². The lowest BCUT2D eigenvalue weighted by Gasteiger charge is -2.22. The van der Waals surface area contributed by atoms with Crippen LogP contribution in [-0.4, -0.2) is 129 Å². The van der Waals surface area contributed by atoms with Crippen LogP contribution in [0.1, 0.15) is 110 Å². The highest BCUT2D eigenvalue weighted by atomic mass is 32.2. The Kier molecular flexibility index (Phi) is 37.7. The number of phosphoric acid groups is 1. The predicted octanol–water partition coefficient (Wildman–Crippen LogP) is 5.19. The highest BCUT2D eigenvalue weighted by Gasteiger charge is 2.18. The van der Waals surface area contributed by atoms with Crippen LogP contribution in [0.5, 0.6) is 0 Å². The standard InChI is InChI=1S/C36H71N5O11P2S2/c1-3-4-5-15-28-55-30-34(44)37-19-12-8-10-17-32(42)39-21-23-41(36(46)50-27-26-49-2)24-22-40-33(43)18-11-9-13-20-38-35(45)31-56-29-16-7-6-14-25-51-54(47,48)52-53/h3-31,53H2,1-2H3,(H,37,44)(H,38,45)(H,39,42)(H,40,43)(H,47,48). The largest absolute Gasteiger partial charge is 0.474 e. The summed E-state index contributed by atoms with van der Waals surface area (Å²) in [4.78, 5) is 72.0. The molecule has 0 saturated heterocycles. The molecule has 2 atom stereocenters. The van der Waals surface area contributed by atoms with Crippen LogP contribution in [0, 0.1) is 0 Å². The van der Waals surface area contributed by atoms with Gasteiger partial charge >= 0.3 is 13.9 Å². The van der Waals surface area contributed by atoms with Crippen LogP contribution in [0.4, 0.5) is 4.79 Å². The Morgan fingerprint density at radius 3 is 1.61 bits per heavy atom. The first-order valence-corrected chi connectivity index (χ1v) is 24.3. The summed E-state index contributed by atoms with van der Waals surface area (Å²) in [5, 5.41) is 11.5. The molecule has 0 heterocycles. The zero-order valence-corrected chi connectivity index (χ0v) is 37.5. The van der Waals surface area contributed by atoms with Crippen molar-refractivity contribution in [3.05, 3.63) is 0 Å². The lowest BCUT2D eigenvalue weighted by Crippen LogP contribution is -2.43. The number of hydrogen-bond acceptors (Lipinski definition) is 12. The number of hydrogen-bond donors (Lipinski definition) is 5. The molecule has 5 amide bonds. The van der Waals surface area contributed by atoms with E-state index < -0.39 is 13.9 Å². The van der Waals surface area contributed by atoms with Crippen LogP contribution in [0.2, 0.25) is 0 Å². The SMILES string of the molecule is CCCCCCSCC(=O)NCCCCCC(=O)NCCN(CCNC(=O)CCCCCNC(=O)CSCCCCCCOP(=O)(O)OP)C(=O)OCCOC. The number of unbranched alkanes of at least 4 members (excludes halogenated alkanes) is 10. The highest BCUT2D eigenvalue weighted by Crippen LogP contribution is 2.45. The predicted molar refractivity (Wildman–Crippen MR) is 228 cm³/mol. The molecule has 0 aliphatic heterocycles. The Balaban J connectivity index is 4.04. The van der Waals surface area contributed by atoms with E-state index in [0.29, 0.717) is 56.7 Å². The molecule has 5 N–H and O–H groups in total. The average Bonchev–Trinajstić information content (AvgIpc) is 3.17. The van der Waals surface area contributed by atoms with Crippen LogP contribution in [0.25, 0.3) is 0 Å². The molecule has 0 rings (SSSR count). The summed E-state index contributed by atoms with van der Waals surface area (Å²) in [5.74, 6) is 2.54. The minimum atomic E-state index is -3.93. The summed E-state index contributed by atoms with van der Waals surface area (Å²) < 4.78 is 30.4. The third-order valence-electron chi connectivity index (χ3n) is 8.16. The fraction of sp³-hybridized carbons (Fsp3) is 0.861. The van der Waals surface area contributed by atoms with Gasteiger partial charge in [-0.15, -0.1) is 0 Å². The molecule has 0 fully saturated rings. The number of thioether (sulfide) groups is 2. The Hall–Kier alpha value is -1.65. The van der Waals surface area contributed by atoms with Crippen molar-refractivity contribution in [2.24, 2.45) is 0 Å². The van der Waals surface area contributed by atoms with E-state index in [1.54, 1.807) is 33.0 Å². The zero-order valence-electron chi connectivity index (χ0n) is 33.8. The lowest BCUT2D eigenvalue weighted by atomic mass is 10.2. The van der Waals surface area contributed by atoms with Crippen molar-refractivity contribution in [1.82, 2.24) is 26.2 Å². The molecule has 20 heteroatoms. The summed E-state index contributed by atoms with van der Waals surface area (Å²) in [6.07, 6.45) is 12.9. The number of nitrogens with one attached hydrogen (secondary N) is 4. The normalized spacial score (nSPS) is 12.1.